The van der Waals surface area contributed by atoms with Crippen molar-refractivity contribution in [3.8, 4) is 0 Å². The summed E-state index contributed by atoms with van der Waals surface area (Å²) in [4.78, 5) is 2.45. The van der Waals surface area contributed by atoms with Crippen molar-refractivity contribution in [1.82, 2.24) is 4.90 Å². The number of nitrogens with one attached hydrogen (secondary N) is 1. The van der Waals surface area contributed by atoms with E-state index in [4.69, 9.17) is 5.73 Å². The van der Waals surface area contributed by atoms with Gasteiger partial charge in [0.1, 0.15) is 0 Å². The Morgan fingerprint density at radius 3 is 2.76 bits per heavy atom. The Hall–Kier alpha value is -1.36. The van der Waals surface area contributed by atoms with E-state index < -0.39 is 0 Å². The van der Waals surface area contributed by atoms with Crippen LogP contribution in [0.4, 0.5) is 5.69 Å². The van der Waals surface area contributed by atoms with Gasteiger partial charge < -0.3 is 11.1 Å². The smallest absolute Gasteiger partial charge is 0.0501 e. The zero-order valence-electron chi connectivity index (χ0n) is 14.9. The molecule has 2 heterocycles. The Balaban J connectivity index is 1.57. The summed E-state index contributed by atoms with van der Waals surface area (Å²) in [5.41, 5.74) is 12.1. The Morgan fingerprint density at radius 1 is 1.24 bits per heavy atom. The number of halogens is 1. The summed E-state index contributed by atoms with van der Waals surface area (Å²) in [5, 5.41) is 3.78. The number of hydrogen-bond donors (Lipinski definition) is 2. The van der Waals surface area contributed by atoms with Gasteiger partial charge >= 0.3 is 0 Å². The van der Waals surface area contributed by atoms with Crippen LogP contribution >= 0.6 is 15.9 Å². The lowest BCUT2D eigenvalue weighted by atomic mass is 9.80. The molecule has 4 rings (SSSR count). The maximum absolute atomic E-state index is 6.74. The minimum Gasteiger partial charge on any atom is -0.380 e. The van der Waals surface area contributed by atoms with E-state index in [2.05, 4.69) is 82.6 Å². The molecular weight excluding hydrogens is 374 g/mol. The number of anilines is 1. The average Bonchev–Trinajstić information content (AvgIpc) is 2.94. The number of benzene rings is 2. The van der Waals surface area contributed by atoms with Gasteiger partial charge in [-0.2, -0.15) is 0 Å². The number of nitrogens with zero attached hydrogens (tertiary/aromatic N) is 1. The van der Waals surface area contributed by atoms with Crippen molar-refractivity contribution < 1.29 is 0 Å². The maximum Gasteiger partial charge on any atom is 0.0501 e. The highest BCUT2D eigenvalue weighted by molar-refractivity contribution is 9.10. The number of hydrogen-bond acceptors (Lipinski definition) is 3. The van der Waals surface area contributed by atoms with Crippen molar-refractivity contribution in [1.29, 1.82) is 0 Å². The Kier molecular flexibility index (Phi) is 4.61. The monoisotopic (exact) mass is 399 g/mol. The summed E-state index contributed by atoms with van der Waals surface area (Å²) in [6.07, 6.45) is 2.10. The fourth-order valence-corrected chi connectivity index (χ4v) is 4.96. The number of nitrogens with two attached hydrogens (primary N) is 1. The van der Waals surface area contributed by atoms with Gasteiger partial charge in [-0.15, -0.1) is 0 Å². The third-order valence-electron chi connectivity index (χ3n) is 5.87. The number of fused-ring (bicyclic) bond motifs is 3. The summed E-state index contributed by atoms with van der Waals surface area (Å²) in [6.45, 7) is 3.22. The van der Waals surface area contributed by atoms with Crippen LogP contribution < -0.4 is 11.1 Å². The SMILES string of the molecule is Cc1ccc(C[C@H](N)[C@H]2C3Nc4ccc(Br)cc4C3CCN2C)cc1. The number of aryl methyl sites for hydroxylation is 1. The van der Waals surface area contributed by atoms with Crippen LogP contribution in [0.1, 0.15) is 29.0 Å². The van der Waals surface area contributed by atoms with Crippen molar-refractivity contribution in [2.75, 3.05) is 18.9 Å². The predicted octanol–water partition coefficient (Wildman–Crippen LogP) is 3.91. The van der Waals surface area contributed by atoms with Crippen LogP contribution in [-0.2, 0) is 6.42 Å². The first kappa shape index (κ1) is 17.1. The van der Waals surface area contributed by atoms with Crippen molar-refractivity contribution in [2.45, 2.75) is 43.8 Å². The number of likely N-dealkylation sites (tertiary alicyclic amines) is 1. The molecule has 25 heavy (non-hydrogen) atoms. The minimum atomic E-state index is 0.116. The normalized spacial score (nSPS) is 26.6. The molecule has 1 fully saturated rings. The molecule has 3 nitrogen and oxygen atoms in total. The van der Waals surface area contributed by atoms with E-state index in [1.807, 2.05) is 0 Å². The predicted molar refractivity (Wildman–Crippen MR) is 108 cm³/mol. The minimum absolute atomic E-state index is 0.116. The van der Waals surface area contributed by atoms with Gasteiger partial charge in [0.25, 0.3) is 0 Å². The molecule has 1 saturated heterocycles. The largest absolute Gasteiger partial charge is 0.380 e. The van der Waals surface area contributed by atoms with Crippen molar-refractivity contribution in [3.05, 3.63) is 63.6 Å². The summed E-state index contributed by atoms with van der Waals surface area (Å²) < 4.78 is 1.16. The Morgan fingerprint density at radius 2 is 2.00 bits per heavy atom. The third-order valence-corrected chi connectivity index (χ3v) is 6.36. The van der Waals surface area contributed by atoms with E-state index in [-0.39, 0.29) is 6.04 Å². The molecule has 0 amide bonds. The third kappa shape index (κ3) is 3.23. The van der Waals surface area contributed by atoms with Gasteiger partial charge in [0.2, 0.25) is 0 Å². The lowest BCUT2D eigenvalue weighted by molar-refractivity contribution is 0.134. The molecule has 132 valence electrons. The summed E-state index contributed by atoms with van der Waals surface area (Å²) in [5.74, 6) is 0.553. The summed E-state index contributed by atoms with van der Waals surface area (Å²) in [6, 6.07) is 16.2. The van der Waals surface area contributed by atoms with Gasteiger partial charge in [-0.25, -0.2) is 0 Å². The molecule has 0 aliphatic carbocycles. The van der Waals surface area contributed by atoms with Crippen molar-refractivity contribution >= 4 is 21.6 Å². The van der Waals surface area contributed by atoms with E-state index in [9.17, 15) is 0 Å². The van der Waals surface area contributed by atoms with Crippen LogP contribution in [0.2, 0.25) is 0 Å². The first-order chi connectivity index (χ1) is 12.0. The molecule has 3 N–H and O–H groups in total. The van der Waals surface area contributed by atoms with E-state index in [1.165, 1.54) is 28.8 Å². The Bertz CT molecular complexity index is 758. The zero-order valence-corrected chi connectivity index (χ0v) is 16.5. The van der Waals surface area contributed by atoms with Crippen LogP contribution in [0.15, 0.2) is 46.9 Å². The van der Waals surface area contributed by atoms with Gasteiger partial charge in [-0.1, -0.05) is 45.8 Å². The number of likely N-dealkylation sites (N-methyl/N-ethyl adjacent to an activating group) is 1. The molecule has 0 saturated carbocycles. The van der Waals surface area contributed by atoms with Crippen molar-refractivity contribution in [3.63, 3.8) is 0 Å². The Labute approximate surface area is 158 Å². The standard InChI is InChI=1S/C21H26BrN3/c1-13-3-5-14(6-4-13)11-18(23)21-20-16(9-10-25(21)2)17-12-15(22)7-8-19(17)24-20/h3-8,12,16,18,20-21,24H,9-11,23H2,1-2H3/t16?,18-,20?,21-/m0/s1. The first-order valence-electron chi connectivity index (χ1n) is 9.10. The second kappa shape index (κ2) is 6.75. The molecular formula is C21H26BrN3. The molecule has 2 aliphatic heterocycles. The molecule has 2 unspecified atom stereocenters. The molecule has 0 aromatic heterocycles. The fraction of sp³-hybridized carbons (Fsp3) is 0.429. The first-order valence-corrected chi connectivity index (χ1v) is 9.89. The topological polar surface area (TPSA) is 41.3 Å². The lowest BCUT2D eigenvalue weighted by Crippen LogP contribution is -2.59. The van der Waals surface area contributed by atoms with Crippen LogP contribution in [0.25, 0.3) is 0 Å². The summed E-state index contributed by atoms with van der Waals surface area (Å²) in [7, 11) is 2.22. The highest BCUT2D eigenvalue weighted by atomic mass is 79.9. The highest BCUT2D eigenvalue weighted by Gasteiger charge is 2.44. The second-order valence-corrected chi connectivity index (χ2v) is 8.54. The molecule has 0 spiro atoms. The molecule has 0 bridgehead atoms. The highest BCUT2D eigenvalue weighted by Crippen LogP contribution is 2.44. The molecule has 2 aromatic carbocycles. The maximum atomic E-state index is 6.74. The quantitative estimate of drug-likeness (QED) is 0.821. The molecule has 2 aliphatic rings. The van der Waals surface area contributed by atoms with E-state index in [0.717, 1.165) is 17.4 Å². The van der Waals surface area contributed by atoms with Gasteiger partial charge in [0, 0.05) is 28.2 Å². The van der Waals surface area contributed by atoms with E-state index >= 15 is 0 Å². The van der Waals surface area contributed by atoms with E-state index in [0.29, 0.717) is 18.0 Å². The average molecular weight is 400 g/mol. The molecule has 4 atom stereocenters. The van der Waals surface area contributed by atoms with E-state index in [1.54, 1.807) is 0 Å². The van der Waals surface area contributed by atoms with Crippen LogP contribution in [0, 0.1) is 6.92 Å². The van der Waals surface area contributed by atoms with Crippen molar-refractivity contribution in [2.24, 2.45) is 5.73 Å². The van der Waals surface area contributed by atoms with Crippen LogP contribution in [0.5, 0.6) is 0 Å². The molecule has 2 aromatic rings. The second-order valence-electron chi connectivity index (χ2n) is 7.62. The van der Waals surface area contributed by atoms with Gasteiger partial charge in [-0.05, 0) is 62.7 Å². The molecule has 4 heteroatoms. The zero-order chi connectivity index (χ0) is 17.6. The van der Waals surface area contributed by atoms with Crippen LogP contribution in [-0.4, -0.2) is 36.6 Å². The van der Waals surface area contributed by atoms with Crippen LogP contribution in [0.3, 0.4) is 0 Å². The van der Waals surface area contributed by atoms with Gasteiger partial charge in [-0.3, -0.25) is 4.90 Å². The number of piperidine rings is 1. The van der Waals surface area contributed by atoms with Gasteiger partial charge in [0.15, 0.2) is 0 Å². The molecule has 0 radical (unpaired) electrons. The van der Waals surface area contributed by atoms with Gasteiger partial charge in [0.05, 0.1) is 6.04 Å². The summed E-state index contributed by atoms with van der Waals surface area (Å²) >= 11 is 3.62. The number of rotatable bonds is 3. The fourth-order valence-electron chi connectivity index (χ4n) is 4.58. The lowest BCUT2D eigenvalue weighted by Gasteiger charge is -2.44.